The minimum absolute atomic E-state index is 0.219. The number of aliphatic hydroxyl groups is 1. The van der Waals surface area contributed by atoms with E-state index in [1.807, 2.05) is 0 Å². The van der Waals surface area contributed by atoms with Gasteiger partial charge in [0.2, 0.25) is 0 Å². The van der Waals surface area contributed by atoms with E-state index in [4.69, 9.17) is 10.2 Å². The largest absolute Gasteiger partial charge is 0.465 e. The van der Waals surface area contributed by atoms with Crippen LogP contribution < -0.4 is 10.9 Å². The van der Waals surface area contributed by atoms with Crippen molar-refractivity contribution in [2.24, 2.45) is 0 Å². The fourth-order valence-corrected chi connectivity index (χ4v) is 1.23. The van der Waals surface area contributed by atoms with Crippen molar-refractivity contribution >= 4 is 11.8 Å². The quantitative estimate of drug-likeness (QED) is 0.706. The number of hydrogen-bond acceptors (Lipinski definition) is 3. The molecule has 0 aliphatic carbocycles. The first kappa shape index (κ1) is 12.3. The van der Waals surface area contributed by atoms with E-state index < -0.39 is 11.6 Å². The molecule has 0 unspecified atom stereocenters. The summed E-state index contributed by atoms with van der Waals surface area (Å²) in [7, 11) is 0. The van der Waals surface area contributed by atoms with Gasteiger partial charge in [0.25, 0.3) is 5.56 Å². The lowest BCUT2D eigenvalue weighted by atomic mass is 10.1. The maximum Gasteiger partial charge on any atom is 0.409 e. The topological polar surface area (TPSA) is 91.6 Å². The van der Waals surface area contributed by atoms with Gasteiger partial charge in [-0.3, -0.25) is 10.1 Å². The molecule has 1 rings (SSSR count). The van der Waals surface area contributed by atoms with Crippen molar-refractivity contribution in [2.45, 2.75) is 19.4 Å². The van der Waals surface area contributed by atoms with Crippen LogP contribution >= 0.6 is 0 Å². The molecular formula is C10H14N2O4. The van der Waals surface area contributed by atoms with Crippen LogP contribution in [0.3, 0.4) is 0 Å². The third kappa shape index (κ3) is 2.60. The van der Waals surface area contributed by atoms with E-state index in [2.05, 4.69) is 5.32 Å². The van der Waals surface area contributed by atoms with Crippen LogP contribution in [0.15, 0.2) is 23.1 Å². The molecule has 1 aromatic heterocycles. The van der Waals surface area contributed by atoms with Gasteiger partial charge in [0.1, 0.15) is 0 Å². The molecule has 0 atom stereocenters. The zero-order chi connectivity index (χ0) is 12.3. The van der Waals surface area contributed by atoms with Gasteiger partial charge in [-0.05, 0) is 19.9 Å². The average Bonchev–Trinajstić information content (AvgIpc) is 2.20. The van der Waals surface area contributed by atoms with Crippen LogP contribution in [0.1, 0.15) is 13.8 Å². The number of pyridine rings is 1. The van der Waals surface area contributed by atoms with Crippen LogP contribution in [0.25, 0.3) is 0 Å². The lowest BCUT2D eigenvalue weighted by Gasteiger charge is -2.25. The summed E-state index contributed by atoms with van der Waals surface area (Å²) < 4.78 is 1.29. The Balaban J connectivity index is 3.19. The molecule has 0 spiro atoms. The normalized spacial score (nSPS) is 11.2. The number of hydrogen-bond donors (Lipinski definition) is 3. The van der Waals surface area contributed by atoms with Crippen molar-refractivity contribution < 1.29 is 15.0 Å². The van der Waals surface area contributed by atoms with E-state index in [9.17, 15) is 9.59 Å². The zero-order valence-corrected chi connectivity index (χ0v) is 9.10. The number of aliphatic hydroxyl groups excluding tert-OH is 1. The molecule has 0 bridgehead atoms. The summed E-state index contributed by atoms with van der Waals surface area (Å²) in [5.41, 5.74) is -0.781. The molecule has 6 heteroatoms. The molecule has 0 saturated heterocycles. The first-order valence-corrected chi connectivity index (χ1v) is 4.71. The highest BCUT2D eigenvalue weighted by molar-refractivity contribution is 5.82. The minimum Gasteiger partial charge on any atom is -0.465 e. The summed E-state index contributed by atoms with van der Waals surface area (Å²) in [6.07, 6.45) is 0.166. The second-order valence-corrected chi connectivity index (χ2v) is 4.03. The van der Waals surface area contributed by atoms with E-state index >= 15 is 0 Å². The Bertz CT molecular complexity index is 450. The molecule has 1 aromatic rings. The molecule has 3 N–H and O–H groups in total. The number of carbonyl (C=O) groups is 1. The second-order valence-electron chi connectivity index (χ2n) is 4.03. The molecule has 16 heavy (non-hydrogen) atoms. The number of nitrogens with zero attached hydrogens (tertiary/aromatic N) is 1. The van der Waals surface area contributed by atoms with E-state index in [1.54, 1.807) is 13.8 Å². The van der Waals surface area contributed by atoms with E-state index in [1.165, 1.54) is 22.9 Å². The Morgan fingerprint density at radius 2 is 2.12 bits per heavy atom. The fraction of sp³-hybridized carbons (Fsp3) is 0.400. The predicted octanol–water partition coefficient (Wildman–Crippen LogP) is 0.666. The predicted molar refractivity (Wildman–Crippen MR) is 58.8 cm³/mol. The molecule has 0 radical (unpaired) electrons. The molecule has 0 saturated carbocycles. The summed E-state index contributed by atoms with van der Waals surface area (Å²) in [4.78, 5) is 22.0. The summed E-state index contributed by atoms with van der Waals surface area (Å²) in [5.74, 6) is 0. The van der Waals surface area contributed by atoms with Crippen LogP contribution in [-0.2, 0) is 5.54 Å². The van der Waals surface area contributed by atoms with Gasteiger partial charge >= 0.3 is 6.09 Å². The Hall–Kier alpha value is -1.82. The van der Waals surface area contributed by atoms with Crippen LogP contribution in [-0.4, -0.2) is 27.5 Å². The van der Waals surface area contributed by atoms with Crippen LogP contribution in [0, 0.1) is 0 Å². The molecule has 1 heterocycles. The molecule has 0 aliphatic rings. The van der Waals surface area contributed by atoms with Crippen molar-refractivity contribution in [3.05, 3.63) is 28.7 Å². The van der Waals surface area contributed by atoms with Gasteiger partial charge in [-0.1, -0.05) is 0 Å². The molecular weight excluding hydrogens is 212 g/mol. The average molecular weight is 226 g/mol. The minimum atomic E-state index is -1.20. The van der Waals surface area contributed by atoms with Crippen molar-refractivity contribution in [2.75, 3.05) is 11.9 Å². The van der Waals surface area contributed by atoms with Gasteiger partial charge in [-0.2, -0.15) is 0 Å². The summed E-state index contributed by atoms with van der Waals surface area (Å²) in [6.45, 7) is 3.14. The van der Waals surface area contributed by atoms with Gasteiger partial charge in [0, 0.05) is 12.3 Å². The van der Waals surface area contributed by atoms with Gasteiger partial charge in [0.05, 0.1) is 17.8 Å². The fourth-order valence-electron chi connectivity index (χ4n) is 1.23. The number of nitrogens with one attached hydrogen (secondary N) is 1. The number of amides is 1. The first-order chi connectivity index (χ1) is 7.36. The van der Waals surface area contributed by atoms with E-state index in [0.29, 0.717) is 0 Å². The second kappa shape index (κ2) is 4.36. The lowest BCUT2D eigenvalue weighted by molar-refractivity contribution is 0.161. The molecule has 1 amide bonds. The van der Waals surface area contributed by atoms with Crippen molar-refractivity contribution in [3.8, 4) is 0 Å². The maximum atomic E-state index is 11.5. The number of rotatable bonds is 3. The van der Waals surface area contributed by atoms with E-state index in [0.717, 1.165) is 0 Å². The highest BCUT2D eigenvalue weighted by atomic mass is 16.4. The maximum absolute atomic E-state index is 11.5. The van der Waals surface area contributed by atoms with Gasteiger partial charge in [0.15, 0.2) is 0 Å². The Labute approximate surface area is 92.1 Å². The summed E-state index contributed by atoms with van der Waals surface area (Å²) >= 11 is 0. The van der Waals surface area contributed by atoms with Crippen molar-refractivity contribution in [3.63, 3.8) is 0 Å². The molecule has 88 valence electrons. The van der Waals surface area contributed by atoms with Gasteiger partial charge in [-0.15, -0.1) is 0 Å². The van der Waals surface area contributed by atoms with Gasteiger partial charge in [-0.25, -0.2) is 4.79 Å². The summed E-state index contributed by atoms with van der Waals surface area (Å²) in [6, 6.07) is 2.63. The SMILES string of the molecule is CC(C)(CO)n1cc(NC(=O)O)ccc1=O. The Morgan fingerprint density at radius 1 is 1.50 bits per heavy atom. The smallest absolute Gasteiger partial charge is 0.409 e. The van der Waals surface area contributed by atoms with Crippen LogP contribution in [0.4, 0.5) is 10.5 Å². The number of anilines is 1. The molecule has 6 nitrogen and oxygen atoms in total. The highest BCUT2D eigenvalue weighted by Gasteiger charge is 2.20. The number of aromatic nitrogens is 1. The lowest BCUT2D eigenvalue weighted by Crippen LogP contribution is -2.38. The third-order valence-corrected chi connectivity index (χ3v) is 2.20. The number of carboxylic acid groups (broad SMARTS) is 1. The van der Waals surface area contributed by atoms with Crippen molar-refractivity contribution in [1.82, 2.24) is 4.57 Å². The highest BCUT2D eigenvalue weighted by Crippen LogP contribution is 2.14. The van der Waals surface area contributed by atoms with Gasteiger partial charge < -0.3 is 14.8 Å². The Kier molecular flexibility index (Phi) is 3.34. The Morgan fingerprint density at radius 3 is 2.62 bits per heavy atom. The van der Waals surface area contributed by atoms with E-state index in [-0.39, 0.29) is 17.9 Å². The summed E-state index contributed by atoms with van der Waals surface area (Å²) in [5, 5.41) is 19.8. The van der Waals surface area contributed by atoms with Crippen LogP contribution in [0.5, 0.6) is 0 Å². The monoisotopic (exact) mass is 226 g/mol. The zero-order valence-electron chi connectivity index (χ0n) is 9.10. The van der Waals surface area contributed by atoms with Crippen LogP contribution in [0.2, 0.25) is 0 Å². The molecule has 0 aromatic carbocycles. The molecule has 0 fully saturated rings. The molecule has 0 aliphatic heterocycles. The first-order valence-electron chi connectivity index (χ1n) is 4.71. The standard InChI is InChI=1S/C10H14N2O4/c1-10(2,6-13)12-5-7(11-9(15)16)3-4-8(12)14/h3-5,11,13H,6H2,1-2H3,(H,15,16). The third-order valence-electron chi connectivity index (χ3n) is 2.20. The van der Waals surface area contributed by atoms with Crippen molar-refractivity contribution in [1.29, 1.82) is 0 Å².